The molecule has 0 unspecified atom stereocenters. The van der Waals surface area contributed by atoms with Gasteiger partial charge in [0.25, 0.3) is 0 Å². The maximum Gasteiger partial charge on any atom is 0.132 e. The van der Waals surface area contributed by atoms with Gasteiger partial charge < -0.3 is 0 Å². The first kappa shape index (κ1) is 11.5. The first-order valence-corrected chi connectivity index (χ1v) is 5.56. The summed E-state index contributed by atoms with van der Waals surface area (Å²) >= 11 is 0. The minimum atomic E-state index is -0.221. The smallest absolute Gasteiger partial charge is 0.132 e. The van der Waals surface area contributed by atoms with E-state index in [1.54, 1.807) is 12.3 Å². The van der Waals surface area contributed by atoms with E-state index in [0.29, 0.717) is 12.1 Å². The number of aryl methyl sites for hydroxylation is 1. The topological polar surface area (TPSA) is 12.4 Å². The number of hydrogen-bond acceptors (Lipinski definition) is 1. The van der Waals surface area contributed by atoms with Crippen LogP contribution in [0.1, 0.15) is 16.7 Å². The molecule has 0 aliphatic rings. The lowest BCUT2D eigenvalue weighted by molar-refractivity contribution is 0.624. The number of aliphatic imine (C=N–C) groups is 1. The number of hydrogen-bond donors (Lipinski definition) is 0. The molecule has 0 aliphatic heterocycles. The minimum Gasteiger partial charge on any atom is -0.288 e. The van der Waals surface area contributed by atoms with Crippen molar-refractivity contribution < 1.29 is 4.39 Å². The number of rotatable bonds is 3. The van der Waals surface area contributed by atoms with Gasteiger partial charge in [0.2, 0.25) is 0 Å². The molecule has 0 radical (unpaired) electrons. The predicted octanol–water partition coefficient (Wildman–Crippen LogP) is 3.75. The van der Waals surface area contributed by atoms with E-state index < -0.39 is 0 Å². The third kappa shape index (κ3) is 3.00. The Morgan fingerprint density at radius 1 is 1.06 bits per heavy atom. The van der Waals surface area contributed by atoms with Gasteiger partial charge in [0.15, 0.2) is 0 Å². The van der Waals surface area contributed by atoms with Crippen LogP contribution in [0.2, 0.25) is 0 Å². The van der Waals surface area contributed by atoms with Crippen LogP contribution in [0.15, 0.2) is 53.5 Å². The molecule has 0 spiro atoms. The SMILES string of the molecule is Cc1cccc(F)c1C=NCc1ccccc1. The van der Waals surface area contributed by atoms with E-state index in [4.69, 9.17) is 0 Å². The van der Waals surface area contributed by atoms with Crippen molar-refractivity contribution >= 4 is 6.21 Å². The van der Waals surface area contributed by atoms with Crippen LogP contribution in [-0.2, 0) is 6.54 Å². The first-order valence-electron chi connectivity index (χ1n) is 5.56. The molecule has 2 heteroatoms. The zero-order valence-electron chi connectivity index (χ0n) is 9.73. The normalized spacial score (nSPS) is 10.9. The maximum atomic E-state index is 13.5. The summed E-state index contributed by atoms with van der Waals surface area (Å²) in [6, 6.07) is 15.0. The summed E-state index contributed by atoms with van der Waals surface area (Å²) < 4.78 is 13.5. The van der Waals surface area contributed by atoms with Crippen LogP contribution in [-0.4, -0.2) is 6.21 Å². The molecule has 0 saturated carbocycles. The second-order valence-electron chi connectivity index (χ2n) is 3.93. The number of nitrogens with zero attached hydrogens (tertiary/aromatic N) is 1. The van der Waals surface area contributed by atoms with Crippen molar-refractivity contribution in [2.75, 3.05) is 0 Å². The Morgan fingerprint density at radius 2 is 1.82 bits per heavy atom. The molecule has 86 valence electrons. The van der Waals surface area contributed by atoms with E-state index in [1.165, 1.54) is 6.07 Å². The van der Waals surface area contributed by atoms with Gasteiger partial charge >= 0.3 is 0 Å². The van der Waals surface area contributed by atoms with E-state index in [0.717, 1.165) is 11.1 Å². The third-order valence-corrected chi connectivity index (χ3v) is 2.61. The molecule has 0 aliphatic carbocycles. The molecule has 0 heterocycles. The Morgan fingerprint density at radius 3 is 2.53 bits per heavy atom. The molecule has 0 bridgehead atoms. The molecule has 2 aromatic carbocycles. The summed E-state index contributed by atoms with van der Waals surface area (Å²) in [6.07, 6.45) is 1.61. The molecular weight excluding hydrogens is 213 g/mol. The lowest BCUT2D eigenvalue weighted by Gasteiger charge is -2.01. The predicted molar refractivity (Wildman–Crippen MR) is 68.9 cm³/mol. The van der Waals surface area contributed by atoms with Gasteiger partial charge in [0.1, 0.15) is 5.82 Å². The Kier molecular flexibility index (Phi) is 3.66. The monoisotopic (exact) mass is 227 g/mol. The molecule has 0 amide bonds. The van der Waals surface area contributed by atoms with Crippen LogP contribution >= 0.6 is 0 Å². The Labute approximate surface area is 101 Å². The van der Waals surface area contributed by atoms with Crippen molar-refractivity contribution in [3.63, 3.8) is 0 Å². The minimum absolute atomic E-state index is 0.221. The summed E-state index contributed by atoms with van der Waals surface area (Å²) in [5.74, 6) is -0.221. The van der Waals surface area contributed by atoms with Gasteiger partial charge in [-0.2, -0.15) is 0 Å². The molecule has 17 heavy (non-hydrogen) atoms. The standard InChI is InChI=1S/C15H14FN/c1-12-6-5-9-15(16)14(12)11-17-10-13-7-3-2-4-8-13/h2-9,11H,10H2,1H3. The van der Waals surface area contributed by atoms with Gasteiger partial charge in [-0.05, 0) is 24.1 Å². The highest BCUT2D eigenvalue weighted by atomic mass is 19.1. The summed E-state index contributed by atoms with van der Waals surface area (Å²) in [7, 11) is 0. The van der Waals surface area contributed by atoms with E-state index in [2.05, 4.69) is 4.99 Å². The van der Waals surface area contributed by atoms with Crippen molar-refractivity contribution in [1.82, 2.24) is 0 Å². The quantitative estimate of drug-likeness (QED) is 0.708. The van der Waals surface area contributed by atoms with E-state index in [9.17, 15) is 4.39 Å². The van der Waals surface area contributed by atoms with Crippen molar-refractivity contribution in [3.05, 3.63) is 71.0 Å². The van der Waals surface area contributed by atoms with Crippen LogP contribution < -0.4 is 0 Å². The fourth-order valence-electron chi connectivity index (χ4n) is 1.63. The van der Waals surface area contributed by atoms with Crippen molar-refractivity contribution in [2.45, 2.75) is 13.5 Å². The van der Waals surface area contributed by atoms with Gasteiger partial charge in [-0.3, -0.25) is 4.99 Å². The molecule has 0 saturated heterocycles. The first-order chi connectivity index (χ1) is 8.27. The average molecular weight is 227 g/mol. The molecule has 0 aromatic heterocycles. The highest BCUT2D eigenvalue weighted by Gasteiger charge is 2.01. The van der Waals surface area contributed by atoms with Crippen molar-refractivity contribution in [2.24, 2.45) is 4.99 Å². The van der Waals surface area contributed by atoms with Crippen LogP contribution in [0.4, 0.5) is 4.39 Å². The van der Waals surface area contributed by atoms with Gasteiger partial charge in [-0.25, -0.2) is 4.39 Å². The molecule has 2 aromatic rings. The largest absolute Gasteiger partial charge is 0.288 e. The zero-order chi connectivity index (χ0) is 12.1. The van der Waals surface area contributed by atoms with Crippen molar-refractivity contribution in [3.8, 4) is 0 Å². The van der Waals surface area contributed by atoms with Gasteiger partial charge in [0.05, 0.1) is 6.54 Å². The zero-order valence-corrected chi connectivity index (χ0v) is 9.73. The van der Waals surface area contributed by atoms with Crippen molar-refractivity contribution in [1.29, 1.82) is 0 Å². The third-order valence-electron chi connectivity index (χ3n) is 2.61. The van der Waals surface area contributed by atoms with Crippen LogP contribution in [0.3, 0.4) is 0 Å². The lowest BCUT2D eigenvalue weighted by Crippen LogP contribution is -1.93. The molecule has 0 atom stereocenters. The highest BCUT2D eigenvalue weighted by molar-refractivity contribution is 5.81. The lowest BCUT2D eigenvalue weighted by atomic mass is 10.1. The summed E-state index contributed by atoms with van der Waals surface area (Å²) in [6.45, 7) is 2.46. The highest BCUT2D eigenvalue weighted by Crippen LogP contribution is 2.10. The van der Waals surface area contributed by atoms with Crippen LogP contribution in [0, 0.1) is 12.7 Å². The van der Waals surface area contributed by atoms with E-state index in [1.807, 2.05) is 43.3 Å². The van der Waals surface area contributed by atoms with E-state index >= 15 is 0 Å². The second-order valence-corrected chi connectivity index (χ2v) is 3.93. The molecule has 0 N–H and O–H groups in total. The molecular formula is C15H14FN. The summed E-state index contributed by atoms with van der Waals surface area (Å²) in [5, 5.41) is 0. The molecule has 1 nitrogen and oxygen atoms in total. The fourth-order valence-corrected chi connectivity index (χ4v) is 1.63. The average Bonchev–Trinajstić information content (AvgIpc) is 2.34. The fraction of sp³-hybridized carbons (Fsp3) is 0.133. The van der Waals surface area contributed by atoms with Gasteiger partial charge in [-0.15, -0.1) is 0 Å². The number of benzene rings is 2. The summed E-state index contributed by atoms with van der Waals surface area (Å²) in [5.41, 5.74) is 2.60. The maximum absolute atomic E-state index is 13.5. The number of halogens is 1. The van der Waals surface area contributed by atoms with Crippen LogP contribution in [0.5, 0.6) is 0 Å². The second kappa shape index (κ2) is 5.39. The molecule has 2 rings (SSSR count). The molecule has 0 fully saturated rings. The Bertz CT molecular complexity index is 497. The van der Waals surface area contributed by atoms with Gasteiger partial charge in [0, 0.05) is 11.8 Å². The van der Waals surface area contributed by atoms with Crippen LogP contribution in [0.25, 0.3) is 0 Å². The Balaban J connectivity index is 2.11. The van der Waals surface area contributed by atoms with E-state index in [-0.39, 0.29) is 5.82 Å². The van der Waals surface area contributed by atoms with Gasteiger partial charge in [-0.1, -0.05) is 42.5 Å². The summed E-state index contributed by atoms with van der Waals surface area (Å²) in [4.78, 5) is 4.27. The Hall–Kier alpha value is -1.96.